The van der Waals surface area contributed by atoms with Crippen LogP contribution in [0.1, 0.15) is 30.4 Å². The zero-order chi connectivity index (χ0) is 15.8. The smallest absolute Gasteiger partial charge is 0.158 e. The van der Waals surface area contributed by atoms with Gasteiger partial charge in [-0.1, -0.05) is 49.5 Å². The third-order valence-corrected chi connectivity index (χ3v) is 4.08. The van der Waals surface area contributed by atoms with Crippen LogP contribution in [0.2, 0.25) is 19.6 Å². The molecule has 116 valence electrons. The minimum Gasteiger partial charge on any atom is -0.353 e. The molecule has 1 atom stereocenters. The molecule has 0 amide bonds. The molecule has 1 aliphatic rings. The number of ether oxygens (including phenoxy) is 2. The van der Waals surface area contributed by atoms with E-state index in [2.05, 4.69) is 42.9 Å². The Labute approximate surface area is 135 Å². The van der Waals surface area contributed by atoms with Gasteiger partial charge in [0.15, 0.2) is 6.29 Å². The molecule has 2 nitrogen and oxygen atoms in total. The molecule has 0 bridgehead atoms. The summed E-state index contributed by atoms with van der Waals surface area (Å²) in [6.45, 7) is 7.93. The molecule has 0 spiro atoms. The van der Waals surface area contributed by atoms with Crippen molar-refractivity contribution in [3.8, 4) is 23.3 Å². The maximum atomic E-state index is 5.63. The Morgan fingerprint density at radius 2 is 1.86 bits per heavy atom. The van der Waals surface area contributed by atoms with Crippen molar-refractivity contribution in [3.63, 3.8) is 0 Å². The topological polar surface area (TPSA) is 18.5 Å². The standard InChI is InChI=1S/C19H24O2Si/c1-22(2,3)16-13-18-10-5-4-9-17(18)11-8-15-21-19-12-6-7-14-20-19/h4-5,9-10,19H,6-7,12,14-15H2,1-3H3. The van der Waals surface area contributed by atoms with E-state index in [9.17, 15) is 0 Å². The van der Waals surface area contributed by atoms with Crippen molar-refractivity contribution in [1.29, 1.82) is 0 Å². The quantitative estimate of drug-likeness (QED) is 0.611. The summed E-state index contributed by atoms with van der Waals surface area (Å²) in [4.78, 5) is 0. The maximum absolute atomic E-state index is 5.63. The summed E-state index contributed by atoms with van der Waals surface area (Å²) < 4.78 is 11.2. The first-order valence-electron chi connectivity index (χ1n) is 7.89. The molecule has 0 aromatic heterocycles. The van der Waals surface area contributed by atoms with Gasteiger partial charge < -0.3 is 9.47 Å². The molecule has 1 heterocycles. The van der Waals surface area contributed by atoms with Crippen molar-refractivity contribution >= 4 is 8.07 Å². The molecule has 0 radical (unpaired) electrons. The Morgan fingerprint density at radius 1 is 1.14 bits per heavy atom. The third-order valence-electron chi connectivity index (χ3n) is 3.20. The molecular formula is C19H24O2Si. The van der Waals surface area contributed by atoms with Crippen molar-refractivity contribution < 1.29 is 9.47 Å². The van der Waals surface area contributed by atoms with Crippen LogP contribution >= 0.6 is 0 Å². The van der Waals surface area contributed by atoms with Crippen molar-refractivity contribution in [2.24, 2.45) is 0 Å². The van der Waals surface area contributed by atoms with E-state index in [4.69, 9.17) is 9.47 Å². The van der Waals surface area contributed by atoms with Gasteiger partial charge in [0.1, 0.15) is 14.7 Å². The lowest BCUT2D eigenvalue weighted by Crippen LogP contribution is -2.22. The SMILES string of the molecule is C[Si](C)(C)C#Cc1ccccc1C#CCOC1CCCCO1. The van der Waals surface area contributed by atoms with E-state index in [0.29, 0.717) is 6.61 Å². The summed E-state index contributed by atoms with van der Waals surface area (Å²) in [5.41, 5.74) is 5.37. The van der Waals surface area contributed by atoms with Crippen LogP contribution in [0.4, 0.5) is 0 Å². The zero-order valence-corrected chi connectivity index (χ0v) is 14.7. The number of benzene rings is 1. The van der Waals surface area contributed by atoms with Crippen LogP contribution in [-0.2, 0) is 9.47 Å². The summed E-state index contributed by atoms with van der Waals surface area (Å²) in [5.74, 6) is 9.54. The second-order valence-corrected chi connectivity index (χ2v) is 11.2. The third kappa shape index (κ3) is 6.08. The van der Waals surface area contributed by atoms with Gasteiger partial charge in [0.25, 0.3) is 0 Å². The van der Waals surface area contributed by atoms with E-state index < -0.39 is 8.07 Å². The van der Waals surface area contributed by atoms with Crippen LogP contribution in [0.25, 0.3) is 0 Å². The molecule has 1 fully saturated rings. The number of rotatable bonds is 2. The fourth-order valence-electron chi connectivity index (χ4n) is 2.06. The lowest BCUT2D eigenvalue weighted by atomic mass is 10.1. The fourth-order valence-corrected chi connectivity index (χ4v) is 2.57. The van der Waals surface area contributed by atoms with Crippen molar-refractivity contribution in [2.75, 3.05) is 13.2 Å². The lowest BCUT2D eigenvalue weighted by molar-refractivity contribution is -0.154. The Morgan fingerprint density at radius 3 is 2.50 bits per heavy atom. The van der Waals surface area contributed by atoms with Gasteiger partial charge in [-0.3, -0.25) is 0 Å². The molecule has 1 aromatic carbocycles. The summed E-state index contributed by atoms with van der Waals surface area (Å²) in [7, 11) is -1.37. The Hall–Kier alpha value is -1.52. The summed E-state index contributed by atoms with van der Waals surface area (Å²) in [5, 5.41) is 0. The first-order valence-corrected chi connectivity index (χ1v) is 11.4. The fraction of sp³-hybridized carbons (Fsp3) is 0.474. The number of hydrogen-bond donors (Lipinski definition) is 0. The van der Waals surface area contributed by atoms with Crippen molar-refractivity contribution in [2.45, 2.75) is 45.2 Å². The summed E-state index contributed by atoms with van der Waals surface area (Å²) >= 11 is 0. The highest BCUT2D eigenvalue weighted by Gasteiger charge is 2.12. The highest BCUT2D eigenvalue weighted by Crippen LogP contribution is 2.13. The summed E-state index contributed by atoms with van der Waals surface area (Å²) in [6.07, 6.45) is 3.20. The molecule has 0 N–H and O–H groups in total. The molecule has 1 aromatic rings. The van der Waals surface area contributed by atoms with Gasteiger partial charge >= 0.3 is 0 Å². The second kappa shape index (κ2) is 8.20. The molecule has 2 rings (SSSR count). The van der Waals surface area contributed by atoms with Gasteiger partial charge in [0, 0.05) is 17.7 Å². The molecule has 1 saturated heterocycles. The van der Waals surface area contributed by atoms with Gasteiger partial charge in [-0.15, -0.1) is 5.54 Å². The van der Waals surface area contributed by atoms with E-state index in [1.165, 1.54) is 6.42 Å². The summed E-state index contributed by atoms with van der Waals surface area (Å²) in [6, 6.07) is 8.04. The van der Waals surface area contributed by atoms with Crippen molar-refractivity contribution in [3.05, 3.63) is 35.4 Å². The Balaban J connectivity index is 1.97. The predicted molar refractivity (Wildman–Crippen MR) is 93.1 cm³/mol. The van der Waals surface area contributed by atoms with Crippen LogP contribution in [0.3, 0.4) is 0 Å². The molecular weight excluding hydrogens is 288 g/mol. The van der Waals surface area contributed by atoms with Gasteiger partial charge in [0.05, 0.1) is 0 Å². The second-order valence-electron chi connectivity index (χ2n) is 6.45. The molecule has 1 aliphatic heterocycles. The highest BCUT2D eigenvalue weighted by atomic mass is 28.3. The first-order chi connectivity index (χ1) is 10.5. The van der Waals surface area contributed by atoms with Gasteiger partial charge in [0.2, 0.25) is 0 Å². The Bertz CT molecular complexity index is 602. The largest absolute Gasteiger partial charge is 0.353 e. The molecule has 3 heteroatoms. The van der Waals surface area contributed by atoms with Crippen LogP contribution in [-0.4, -0.2) is 27.6 Å². The molecule has 22 heavy (non-hydrogen) atoms. The highest BCUT2D eigenvalue weighted by molar-refractivity contribution is 6.83. The normalized spacial score (nSPS) is 17.9. The molecule has 1 unspecified atom stereocenters. The van der Waals surface area contributed by atoms with Crippen LogP contribution in [0.5, 0.6) is 0 Å². The van der Waals surface area contributed by atoms with Crippen LogP contribution in [0.15, 0.2) is 24.3 Å². The van der Waals surface area contributed by atoms with Crippen LogP contribution in [0, 0.1) is 23.3 Å². The average Bonchev–Trinajstić information content (AvgIpc) is 2.51. The van der Waals surface area contributed by atoms with E-state index in [1.54, 1.807) is 0 Å². The predicted octanol–water partition coefficient (Wildman–Crippen LogP) is 3.81. The van der Waals surface area contributed by atoms with Gasteiger partial charge in [-0.2, -0.15) is 0 Å². The minimum atomic E-state index is -1.37. The zero-order valence-electron chi connectivity index (χ0n) is 13.7. The van der Waals surface area contributed by atoms with Crippen molar-refractivity contribution in [1.82, 2.24) is 0 Å². The molecule has 0 aliphatic carbocycles. The average molecular weight is 312 g/mol. The number of hydrogen-bond acceptors (Lipinski definition) is 2. The molecule has 0 saturated carbocycles. The first kappa shape index (κ1) is 16.8. The maximum Gasteiger partial charge on any atom is 0.158 e. The van der Waals surface area contributed by atoms with Gasteiger partial charge in [-0.05, 0) is 31.4 Å². The van der Waals surface area contributed by atoms with Gasteiger partial charge in [-0.25, -0.2) is 0 Å². The van der Waals surface area contributed by atoms with E-state index in [-0.39, 0.29) is 6.29 Å². The van der Waals surface area contributed by atoms with Crippen LogP contribution < -0.4 is 0 Å². The van der Waals surface area contributed by atoms with E-state index >= 15 is 0 Å². The monoisotopic (exact) mass is 312 g/mol. The lowest BCUT2D eigenvalue weighted by Gasteiger charge is -2.21. The Kier molecular flexibility index (Phi) is 6.28. The van der Waals surface area contributed by atoms with E-state index in [0.717, 1.165) is 30.6 Å². The minimum absolute atomic E-state index is 0.0787. The van der Waals surface area contributed by atoms with E-state index in [1.807, 2.05) is 24.3 Å².